The van der Waals surface area contributed by atoms with Crippen LogP contribution in [0.5, 0.6) is 0 Å². The predicted molar refractivity (Wildman–Crippen MR) is 105 cm³/mol. The van der Waals surface area contributed by atoms with Gasteiger partial charge in [-0.3, -0.25) is 9.36 Å². The monoisotopic (exact) mass is 367 g/mol. The average molecular weight is 367 g/mol. The fourth-order valence-corrected chi connectivity index (χ4v) is 2.97. The third-order valence-corrected chi connectivity index (χ3v) is 4.28. The van der Waals surface area contributed by atoms with Gasteiger partial charge in [-0.2, -0.15) is 0 Å². The third-order valence-electron chi connectivity index (χ3n) is 4.28. The van der Waals surface area contributed by atoms with Gasteiger partial charge < -0.3 is 14.8 Å². The summed E-state index contributed by atoms with van der Waals surface area (Å²) in [4.78, 5) is 17.0. The fourth-order valence-electron chi connectivity index (χ4n) is 2.97. The van der Waals surface area contributed by atoms with E-state index >= 15 is 0 Å². The van der Waals surface area contributed by atoms with Crippen molar-refractivity contribution in [2.75, 3.05) is 33.5 Å². The molecule has 1 amide bonds. The van der Waals surface area contributed by atoms with Crippen molar-refractivity contribution in [1.29, 1.82) is 0 Å². The Morgan fingerprint density at radius 1 is 1.11 bits per heavy atom. The van der Waals surface area contributed by atoms with Gasteiger partial charge in [0, 0.05) is 31.5 Å². The molecule has 0 bridgehead atoms. The minimum atomic E-state index is -0.0966. The van der Waals surface area contributed by atoms with E-state index in [-0.39, 0.29) is 5.91 Å². The lowest BCUT2D eigenvalue weighted by Crippen LogP contribution is -2.25. The summed E-state index contributed by atoms with van der Waals surface area (Å²) < 4.78 is 12.4. The molecule has 3 rings (SSSR count). The number of nitrogens with zero attached hydrogens (tertiary/aromatic N) is 2. The topological polar surface area (TPSA) is 65.4 Å². The van der Waals surface area contributed by atoms with E-state index in [4.69, 9.17) is 9.47 Å². The number of imidazole rings is 1. The molecule has 142 valence electrons. The van der Waals surface area contributed by atoms with Gasteiger partial charge in [-0.1, -0.05) is 18.2 Å². The van der Waals surface area contributed by atoms with Gasteiger partial charge in [0.15, 0.2) is 0 Å². The minimum absolute atomic E-state index is 0.0966. The first kappa shape index (κ1) is 19.1. The summed E-state index contributed by atoms with van der Waals surface area (Å²) in [6.45, 7) is 4.30. The Morgan fingerprint density at radius 2 is 1.93 bits per heavy atom. The molecular formula is C21H25N3O3. The quantitative estimate of drug-likeness (QED) is 0.590. The molecule has 6 heteroatoms. The van der Waals surface area contributed by atoms with Crippen LogP contribution in [0, 0.1) is 6.92 Å². The van der Waals surface area contributed by atoms with E-state index in [0.29, 0.717) is 31.9 Å². The van der Waals surface area contributed by atoms with Gasteiger partial charge in [0.25, 0.3) is 5.91 Å². The maximum atomic E-state index is 12.4. The van der Waals surface area contributed by atoms with Crippen molar-refractivity contribution >= 4 is 16.9 Å². The zero-order chi connectivity index (χ0) is 19.1. The van der Waals surface area contributed by atoms with Crippen molar-refractivity contribution in [3.05, 3.63) is 59.9 Å². The van der Waals surface area contributed by atoms with Gasteiger partial charge in [-0.05, 0) is 43.7 Å². The van der Waals surface area contributed by atoms with E-state index in [2.05, 4.69) is 14.9 Å². The molecule has 1 heterocycles. The van der Waals surface area contributed by atoms with Crippen LogP contribution in [-0.4, -0.2) is 48.9 Å². The zero-order valence-electron chi connectivity index (χ0n) is 15.8. The van der Waals surface area contributed by atoms with Gasteiger partial charge in [0.05, 0.1) is 24.2 Å². The summed E-state index contributed by atoms with van der Waals surface area (Å²) in [7, 11) is 1.64. The Labute approximate surface area is 159 Å². The highest BCUT2D eigenvalue weighted by Crippen LogP contribution is 2.22. The number of amides is 1. The highest BCUT2D eigenvalue weighted by molar-refractivity contribution is 5.97. The minimum Gasteiger partial charge on any atom is -0.382 e. The molecule has 1 N–H and O–H groups in total. The van der Waals surface area contributed by atoms with E-state index in [0.717, 1.165) is 29.0 Å². The Kier molecular flexibility index (Phi) is 6.57. The number of ether oxygens (including phenoxy) is 2. The second-order valence-electron chi connectivity index (χ2n) is 6.25. The number of rotatable bonds is 9. The number of para-hydroxylation sites is 1. The molecule has 0 unspecified atom stereocenters. The Morgan fingerprint density at radius 3 is 2.70 bits per heavy atom. The summed E-state index contributed by atoms with van der Waals surface area (Å²) in [5.74, 6) is 0.794. The average Bonchev–Trinajstić information content (AvgIpc) is 3.02. The van der Waals surface area contributed by atoms with Crippen LogP contribution in [0.15, 0.2) is 48.5 Å². The molecule has 3 aromatic rings. The molecule has 0 spiro atoms. The number of carbonyl (C=O) groups excluding carboxylic acids is 1. The highest BCUT2D eigenvalue weighted by Gasteiger charge is 2.12. The van der Waals surface area contributed by atoms with Crippen molar-refractivity contribution in [2.45, 2.75) is 13.3 Å². The van der Waals surface area contributed by atoms with Gasteiger partial charge in [0.2, 0.25) is 0 Å². The fraction of sp³-hybridized carbons (Fsp3) is 0.333. The molecule has 0 saturated carbocycles. The van der Waals surface area contributed by atoms with E-state index in [1.165, 1.54) is 0 Å². The summed E-state index contributed by atoms with van der Waals surface area (Å²) in [5.41, 5.74) is 3.47. The van der Waals surface area contributed by atoms with Crippen LogP contribution in [0.25, 0.3) is 16.7 Å². The smallest absolute Gasteiger partial charge is 0.251 e. The lowest BCUT2D eigenvalue weighted by molar-refractivity contribution is 0.0688. The Hall–Kier alpha value is -2.70. The van der Waals surface area contributed by atoms with E-state index in [1.54, 1.807) is 7.11 Å². The van der Waals surface area contributed by atoms with Crippen molar-refractivity contribution in [3.63, 3.8) is 0 Å². The normalized spacial score (nSPS) is 11.0. The summed E-state index contributed by atoms with van der Waals surface area (Å²) in [6.07, 6.45) is 0.763. The number of benzene rings is 2. The van der Waals surface area contributed by atoms with Crippen molar-refractivity contribution in [2.24, 2.45) is 0 Å². The van der Waals surface area contributed by atoms with Crippen LogP contribution in [0.2, 0.25) is 0 Å². The number of hydrogen-bond donors (Lipinski definition) is 1. The molecule has 0 aliphatic rings. The van der Waals surface area contributed by atoms with Crippen LogP contribution in [0.3, 0.4) is 0 Å². The maximum Gasteiger partial charge on any atom is 0.251 e. The van der Waals surface area contributed by atoms with Crippen molar-refractivity contribution in [1.82, 2.24) is 14.9 Å². The first-order valence-corrected chi connectivity index (χ1v) is 9.10. The molecule has 0 aliphatic carbocycles. The van der Waals surface area contributed by atoms with Gasteiger partial charge in [0.1, 0.15) is 5.82 Å². The molecular weight excluding hydrogens is 342 g/mol. The molecule has 6 nitrogen and oxygen atoms in total. The molecule has 2 aromatic carbocycles. The van der Waals surface area contributed by atoms with Crippen LogP contribution >= 0.6 is 0 Å². The second kappa shape index (κ2) is 9.30. The lowest BCUT2D eigenvalue weighted by atomic mass is 10.2. The van der Waals surface area contributed by atoms with Gasteiger partial charge >= 0.3 is 0 Å². The van der Waals surface area contributed by atoms with Crippen LogP contribution in [-0.2, 0) is 9.47 Å². The molecule has 0 radical (unpaired) electrons. The van der Waals surface area contributed by atoms with Crippen molar-refractivity contribution < 1.29 is 14.3 Å². The molecule has 0 atom stereocenters. The summed E-state index contributed by atoms with van der Waals surface area (Å²) >= 11 is 0. The molecule has 0 fully saturated rings. The molecule has 27 heavy (non-hydrogen) atoms. The lowest BCUT2D eigenvalue weighted by Gasteiger charge is -2.08. The number of nitrogens with one attached hydrogen (secondary N) is 1. The van der Waals surface area contributed by atoms with E-state index < -0.39 is 0 Å². The number of hydrogen-bond acceptors (Lipinski definition) is 4. The number of aryl methyl sites for hydroxylation is 1. The molecule has 1 aromatic heterocycles. The van der Waals surface area contributed by atoms with Crippen LogP contribution < -0.4 is 5.32 Å². The number of fused-ring (bicyclic) bond motifs is 1. The van der Waals surface area contributed by atoms with E-state index in [1.807, 2.05) is 55.5 Å². The van der Waals surface area contributed by atoms with Crippen molar-refractivity contribution in [3.8, 4) is 5.69 Å². The maximum absolute atomic E-state index is 12.4. The van der Waals surface area contributed by atoms with E-state index in [9.17, 15) is 4.79 Å². The number of carbonyl (C=O) groups is 1. The summed E-state index contributed by atoms with van der Waals surface area (Å²) in [5, 5.41) is 2.92. The highest BCUT2D eigenvalue weighted by atomic mass is 16.5. The zero-order valence-corrected chi connectivity index (χ0v) is 15.8. The number of methoxy groups -OCH3 is 1. The summed E-state index contributed by atoms with van der Waals surface area (Å²) in [6, 6.07) is 15.7. The van der Waals surface area contributed by atoms with Crippen LogP contribution in [0.1, 0.15) is 22.6 Å². The molecule has 0 saturated heterocycles. The molecule has 0 aliphatic heterocycles. The van der Waals surface area contributed by atoms with Gasteiger partial charge in [-0.15, -0.1) is 0 Å². The second-order valence-corrected chi connectivity index (χ2v) is 6.25. The Bertz CT molecular complexity index is 890. The first-order valence-electron chi connectivity index (χ1n) is 9.10. The first-order chi connectivity index (χ1) is 13.2. The standard InChI is InChI=1S/C21H25N3O3/c1-16-23-19-15-17(21(25)22-11-6-12-27-14-13-26-2)9-10-20(19)24(16)18-7-4-3-5-8-18/h3-5,7-10,15H,6,11-14H2,1-2H3,(H,22,25). The van der Waals surface area contributed by atoms with Crippen LogP contribution in [0.4, 0.5) is 0 Å². The van der Waals surface area contributed by atoms with Gasteiger partial charge in [-0.25, -0.2) is 4.98 Å². The largest absolute Gasteiger partial charge is 0.382 e. The predicted octanol–water partition coefficient (Wildman–Crippen LogP) is 3.12. The Balaban J connectivity index is 1.64. The SMILES string of the molecule is COCCOCCCNC(=O)c1ccc2c(c1)nc(C)n2-c1ccccc1. The third kappa shape index (κ3) is 4.72. The number of aromatic nitrogens is 2.